The minimum Gasteiger partial charge on any atom is -0.392 e. The molecule has 0 aromatic heterocycles. The van der Waals surface area contributed by atoms with Crippen LogP contribution in [0.25, 0.3) is 0 Å². The molecule has 0 spiro atoms. The minimum absolute atomic E-state index is 0.142. The molecule has 2 N–H and O–H groups in total. The van der Waals surface area contributed by atoms with E-state index in [1.807, 2.05) is 13.0 Å². The Hall–Kier alpha value is -0.910. The Bertz CT molecular complexity index is 575. The summed E-state index contributed by atoms with van der Waals surface area (Å²) < 4.78 is 27.5. The first kappa shape index (κ1) is 15.5. The molecule has 0 unspecified atom stereocenters. The number of hydrogen-bond acceptors (Lipinski definition) is 3. The maximum atomic E-state index is 12.4. The van der Waals surface area contributed by atoms with Crippen molar-refractivity contribution in [1.82, 2.24) is 4.72 Å². The monoisotopic (exact) mass is 297 g/mol. The van der Waals surface area contributed by atoms with Crippen molar-refractivity contribution in [1.29, 1.82) is 0 Å². The first-order valence-corrected chi connectivity index (χ1v) is 8.63. The van der Waals surface area contributed by atoms with Crippen LogP contribution in [0.1, 0.15) is 42.4 Å². The Morgan fingerprint density at radius 3 is 2.45 bits per heavy atom. The summed E-state index contributed by atoms with van der Waals surface area (Å²) in [5.41, 5.74) is 2.30. The molecule has 4 nitrogen and oxygen atoms in total. The third kappa shape index (κ3) is 3.40. The van der Waals surface area contributed by atoms with Crippen molar-refractivity contribution in [2.24, 2.45) is 5.92 Å². The molecule has 1 aromatic rings. The van der Waals surface area contributed by atoms with E-state index < -0.39 is 10.0 Å². The van der Waals surface area contributed by atoms with Crippen molar-refractivity contribution in [2.45, 2.75) is 51.0 Å². The number of rotatable bonds is 5. The number of benzene rings is 1. The smallest absolute Gasteiger partial charge is 0.240 e. The highest BCUT2D eigenvalue weighted by atomic mass is 32.2. The van der Waals surface area contributed by atoms with E-state index >= 15 is 0 Å². The van der Waals surface area contributed by atoms with Gasteiger partial charge in [-0.25, -0.2) is 13.1 Å². The summed E-state index contributed by atoms with van der Waals surface area (Å²) in [5, 5.41) is 9.29. The number of aliphatic hydroxyl groups excluding tert-OH is 1. The average molecular weight is 297 g/mol. The number of sulfonamides is 1. The second kappa shape index (κ2) is 6.24. The van der Waals surface area contributed by atoms with Gasteiger partial charge >= 0.3 is 0 Å². The molecule has 0 radical (unpaired) electrons. The van der Waals surface area contributed by atoms with Gasteiger partial charge in [0, 0.05) is 6.54 Å². The summed E-state index contributed by atoms with van der Waals surface area (Å²) in [6.45, 7) is 4.04. The molecule has 0 bridgehead atoms. The zero-order chi connectivity index (χ0) is 14.8. The standard InChI is InChI=1S/C15H23NO3S/c1-11-7-12(2)15(8-14(11)10-17)20(18,19)16-9-13-5-3-4-6-13/h7-8,13,16-17H,3-6,9-10H2,1-2H3. The second-order valence-corrected chi connectivity index (χ2v) is 7.44. The fourth-order valence-corrected chi connectivity index (χ4v) is 4.24. The second-order valence-electron chi connectivity index (χ2n) is 5.70. The van der Waals surface area contributed by atoms with Gasteiger partial charge in [-0.1, -0.05) is 18.9 Å². The molecule has 0 saturated heterocycles. The Morgan fingerprint density at radius 1 is 1.20 bits per heavy atom. The normalized spacial score (nSPS) is 16.8. The van der Waals surface area contributed by atoms with Crippen LogP contribution in [0.4, 0.5) is 0 Å². The van der Waals surface area contributed by atoms with Gasteiger partial charge in [0.25, 0.3) is 0 Å². The molecule has 0 atom stereocenters. The van der Waals surface area contributed by atoms with E-state index in [0.29, 0.717) is 18.0 Å². The van der Waals surface area contributed by atoms with E-state index in [0.717, 1.165) is 24.0 Å². The van der Waals surface area contributed by atoms with Crippen molar-refractivity contribution in [3.63, 3.8) is 0 Å². The van der Waals surface area contributed by atoms with Crippen LogP contribution in [0, 0.1) is 19.8 Å². The summed E-state index contributed by atoms with van der Waals surface area (Å²) in [6.07, 6.45) is 4.61. The molecule has 2 rings (SSSR count). The highest BCUT2D eigenvalue weighted by Crippen LogP contribution is 2.25. The van der Waals surface area contributed by atoms with Crippen LogP contribution in [-0.2, 0) is 16.6 Å². The highest BCUT2D eigenvalue weighted by Gasteiger charge is 2.21. The SMILES string of the molecule is Cc1cc(C)c(S(=O)(=O)NCC2CCCC2)cc1CO. The fraction of sp³-hybridized carbons (Fsp3) is 0.600. The first-order chi connectivity index (χ1) is 9.44. The predicted molar refractivity (Wildman–Crippen MR) is 79.0 cm³/mol. The van der Waals surface area contributed by atoms with E-state index in [-0.39, 0.29) is 11.5 Å². The lowest BCUT2D eigenvalue weighted by molar-refractivity contribution is 0.280. The zero-order valence-electron chi connectivity index (χ0n) is 12.1. The van der Waals surface area contributed by atoms with E-state index in [2.05, 4.69) is 4.72 Å². The van der Waals surface area contributed by atoms with Gasteiger partial charge in [0.15, 0.2) is 0 Å². The van der Waals surface area contributed by atoms with Gasteiger partial charge in [0.2, 0.25) is 10.0 Å². The zero-order valence-corrected chi connectivity index (χ0v) is 13.0. The lowest BCUT2D eigenvalue weighted by Gasteiger charge is -2.14. The molecule has 1 fully saturated rings. The lowest BCUT2D eigenvalue weighted by atomic mass is 10.1. The van der Waals surface area contributed by atoms with Gasteiger partial charge < -0.3 is 5.11 Å². The van der Waals surface area contributed by atoms with Crippen LogP contribution in [-0.4, -0.2) is 20.1 Å². The summed E-state index contributed by atoms with van der Waals surface area (Å²) in [5.74, 6) is 0.466. The van der Waals surface area contributed by atoms with Crippen molar-refractivity contribution in [2.75, 3.05) is 6.54 Å². The van der Waals surface area contributed by atoms with Gasteiger partial charge in [-0.3, -0.25) is 0 Å². The lowest BCUT2D eigenvalue weighted by Crippen LogP contribution is -2.29. The minimum atomic E-state index is -3.49. The van der Waals surface area contributed by atoms with Crippen molar-refractivity contribution in [3.8, 4) is 0 Å². The van der Waals surface area contributed by atoms with E-state index in [4.69, 9.17) is 0 Å². The molecular formula is C15H23NO3S. The summed E-state index contributed by atoms with van der Waals surface area (Å²) in [7, 11) is -3.49. The topological polar surface area (TPSA) is 66.4 Å². The van der Waals surface area contributed by atoms with Crippen LogP contribution < -0.4 is 4.72 Å². The van der Waals surface area contributed by atoms with Crippen molar-refractivity contribution < 1.29 is 13.5 Å². The van der Waals surface area contributed by atoms with Gasteiger partial charge in [-0.05, 0) is 55.4 Å². The Balaban J connectivity index is 2.19. The number of hydrogen-bond donors (Lipinski definition) is 2. The van der Waals surface area contributed by atoms with Gasteiger partial charge in [-0.2, -0.15) is 0 Å². The third-order valence-corrected chi connectivity index (χ3v) is 5.70. The maximum absolute atomic E-state index is 12.4. The molecule has 5 heteroatoms. The molecule has 1 saturated carbocycles. The molecule has 0 aliphatic heterocycles. The molecule has 1 aliphatic carbocycles. The van der Waals surface area contributed by atoms with Gasteiger partial charge in [-0.15, -0.1) is 0 Å². The highest BCUT2D eigenvalue weighted by molar-refractivity contribution is 7.89. The molecular weight excluding hydrogens is 274 g/mol. The molecule has 1 aliphatic rings. The summed E-state index contributed by atoms with van der Waals surface area (Å²) >= 11 is 0. The number of aryl methyl sites for hydroxylation is 2. The van der Waals surface area contributed by atoms with Crippen molar-refractivity contribution in [3.05, 3.63) is 28.8 Å². The number of nitrogens with one attached hydrogen (secondary N) is 1. The van der Waals surface area contributed by atoms with E-state index in [1.54, 1.807) is 13.0 Å². The summed E-state index contributed by atoms with van der Waals surface area (Å²) in [4.78, 5) is 0.283. The Morgan fingerprint density at radius 2 is 1.85 bits per heavy atom. The van der Waals surface area contributed by atoms with E-state index in [9.17, 15) is 13.5 Å². The third-order valence-electron chi connectivity index (χ3n) is 4.13. The molecule has 20 heavy (non-hydrogen) atoms. The predicted octanol–water partition coefficient (Wildman–Crippen LogP) is 2.26. The fourth-order valence-electron chi connectivity index (χ4n) is 2.85. The summed E-state index contributed by atoms with van der Waals surface area (Å²) in [6, 6.07) is 3.40. The first-order valence-electron chi connectivity index (χ1n) is 7.14. The van der Waals surface area contributed by atoms with Gasteiger partial charge in [0.05, 0.1) is 11.5 Å². The van der Waals surface area contributed by atoms with Crippen LogP contribution in [0.15, 0.2) is 17.0 Å². The molecule has 1 aromatic carbocycles. The van der Waals surface area contributed by atoms with Gasteiger partial charge in [0.1, 0.15) is 0 Å². The molecule has 0 amide bonds. The molecule has 112 valence electrons. The average Bonchev–Trinajstić information content (AvgIpc) is 2.89. The Labute approximate surface area is 121 Å². The van der Waals surface area contributed by atoms with Crippen LogP contribution >= 0.6 is 0 Å². The van der Waals surface area contributed by atoms with Crippen LogP contribution in [0.2, 0.25) is 0 Å². The van der Waals surface area contributed by atoms with Crippen molar-refractivity contribution >= 4 is 10.0 Å². The maximum Gasteiger partial charge on any atom is 0.240 e. The van der Waals surface area contributed by atoms with Crippen LogP contribution in [0.3, 0.4) is 0 Å². The van der Waals surface area contributed by atoms with Crippen LogP contribution in [0.5, 0.6) is 0 Å². The number of aliphatic hydroxyl groups is 1. The quantitative estimate of drug-likeness (QED) is 0.876. The largest absolute Gasteiger partial charge is 0.392 e. The molecule has 0 heterocycles. The van der Waals surface area contributed by atoms with E-state index in [1.165, 1.54) is 12.8 Å². The Kier molecular flexibility index (Phi) is 4.83.